The number of fused-ring (bicyclic) bond motifs is 1. The lowest BCUT2D eigenvalue weighted by atomic mass is 10.1. The summed E-state index contributed by atoms with van der Waals surface area (Å²) in [6.45, 7) is 5.00. The first-order valence-electron chi connectivity index (χ1n) is 9.52. The Bertz CT molecular complexity index is 609. The molecule has 2 saturated heterocycles. The van der Waals surface area contributed by atoms with Crippen molar-refractivity contribution >= 4 is 12.0 Å². The van der Waals surface area contributed by atoms with Crippen LogP contribution in [0.25, 0.3) is 0 Å². The number of nitrogens with one attached hydrogen (secondary N) is 1. The molecule has 0 radical (unpaired) electrons. The minimum atomic E-state index is -0.0871. The normalized spacial score (nSPS) is 24.6. The Labute approximate surface area is 148 Å². The Morgan fingerprint density at radius 3 is 2.80 bits per heavy atom. The number of aryl methyl sites for hydroxylation is 2. The number of hydrogen-bond donors (Lipinski definition) is 1. The van der Waals surface area contributed by atoms with Gasteiger partial charge in [-0.25, -0.2) is 14.8 Å². The first-order chi connectivity index (χ1) is 12.3. The van der Waals surface area contributed by atoms with Crippen molar-refractivity contribution in [1.82, 2.24) is 19.8 Å². The van der Waals surface area contributed by atoms with Gasteiger partial charge in [-0.05, 0) is 37.7 Å². The summed E-state index contributed by atoms with van der Waals surface area (Å²) in [5.74, 6) is 0.442. The van der Waals surface area contributed by atoms with Gasteiger partial charge in [-0.3, -0.25) is 10.2 Å². The number of rotatable bonds is 2. The van der Waals surface area contributed by atoms with Crippen LogP contribution in [0.3, 0.4) is 0 Å². The van der Waals surface area contributed by atoms with Crippen LogP contribution in [0, 0.1) is 0 Å². The van der Waals surface area contributed by atoms with Gasteiger partial charge in [0.15, 0.2) is 0 Å². The number of piperazine rings is 1. The van der Waals surface area contributed by atoms with Crippen molar-refractivity contribution in [2.24, 2.45) is 0 Å². The maximum absolute atomic E-state index is 12.5. The molecule has 4 rings (SSSR count). The van der Waals surface area contributed by atoms with Crippen LogP contribution in [0.5, 0.6) is 0 Å². The van der Waals surface area contributed by atoms with Crippen molar-refractivity contribution in [2.75, 3.05) is 44.7 Å². The van der Waals surface area contributed by atoms with Crippen LogP contribution in [-0.2, 0) is 17.6 Å². The van der Waals surface area contributed by atoms with Crippen LogP contribution in [0.2, 0.25) is 0 Å². The van der Waals surface area contributed by atoms with Gasteiger partial charge in [0.1, 0.15) is 0 Å². The molecule has 7 nitrogen and oxygen atoms in total. The fourth-order valence-corrected chi connectivity index (χ4v) is 3.99. The van der Waals surface area contributed by atoms with E-state index < -0.39 is 0 Å². The molecule has 1 unspecified atom stereocenters. The van der Waals surface area contributed by atoms with E-state index in [4.69, 9.17) is 4.74 Å². The lowest BCUT2D eigenvalue weighted by Crippen LogP contribution is -2.53. The van der Waals surface area contributed by atoms with Gasteiger partial charge in [-0.2, -0.15) is 0 Å². The molecule has 1 N–H and O–H groups in total. The van der Waals surface area contributed by atoms with E-state index in [9.17, 15) is 4.79 Å². The van der Waals surface area contributed by atoms with Gasteiger partial charge in [0.25, 0.3) is 0 Å². The summed E-state index contributed by atoms with van der Waals surface area (Å²) in [5.41, 5.74) is 2.34. The Balaban J connectivity index is 1.32. The molecule has 0 spiro atoms. The number of carbonyl (C=O) groups excluding carboxylic acids is 1. The van der Waals surface area contributed by atoms with E-state index in [1.54, 1.807) is 0 Å². The predicted molar refractivity (Wildman–Crippen MR) is 94.7 cm³/mol. The molecule has 1 aliphatic carbocycles. The lowest BCUT2D eigenvalue weighted by Gasteiger charge is -2.37. The third-order valence-electron chi connectivity index (χ3n) is 5.56. The van der Waals surface area contributed by atoms with Crippen molar-refractivity contribution in [3.63, 3.8) is 0 Å². The summed E-state index contributed by atoms with van der Waals surface area (Å²) in [4.78, 5) is 25.8. The van der Waals surface area contributed by atoms with Crippen molar-refractivity contribution in [3.8, 4) is 0 Å². The van der Waals surface area contributed by atoms with E-state index >= 15 is 0 Å². The molecule has 25 heavy (non-hydrogen) atoms. The molecular weight excluding hydrogens is 318 g/mol. The first kappa shape index (κ1) is 16.7. The minimum Gasteiger partial charge on any atom is -0.380 e. The number of ether oxygens (including phenoxy) is 1. The van der Waals surface area contributed by atoms with Gasteiger partial charge in [-0.1, -0.05) is 6.42 Å². The topological polar surface area (TPSA) is 70.6 Å². The summed E-state index contributed by atoms with van der Waals surface area (Å²) >= 11 is 0. The van der Waals surface area contributed by atoms with E-state index in [0.717, 1.165) is 64.3 Å². The molecule has 3 heterocycles. The summed E-state index contributed by atoms with van der Waals surface area (Å²) in [7, 11) is 0. The van der Waals surface area contributed by atoms with Gasteiger partial charge in [0.2, 0.25) is 5.95 Å². The Morgan fingerprint density at radius 1 is 1.16 bits per heavy atom. The number of urea groups is 1. The van der Waals surface area contributed by atoms with Crippen LogP contribution >= 0.6 is 0 Å². The number of aromatic nitrogens is 2. The average molecular weight is 345 g/mol. The van der Waals surface area contributed by atoms with Crippen LogP contribution in [0.1, 0.15) is 36.9 Å². The Morgan fingerprint density at radius 2 is 2.00 bits per heavy atom. The third kappa shape index (κ3) is 3.93. The van der Waals surface area contributed by atoms with Crippen molar-refractivity contribution < 1.29 is 9.53 Å². The second kappa shape index (κ2) is 7.66. The highest BCUT2D eigenvalue weighted by Gasteiger charge is 2.28. The smallest absolute Gasteiger partial charge is 0.324 e. The molecule has 1 atom stereocenters. The number of amides is 2. The fraction of sp³-hybridized carbons (Fsp3) is 0.722. The van der Waals surface area contributed by atoms with Crippen LogP contribution in [0.15, 0.2) is 6.20 Å². The third-order valence-corrected chi connectivity index (χ3v) is 5.56. The van der Waals surface area contributed by atoms with Gasteiger partial charge < -0.3 is 9.64 Å². The van der Waals surface area contributed by atoms with Gasteiger partial charge >= 0.3 is 6.03 Å². The second-order valence-corrected chi connectivity index (χ2v) is 7.20. The quantitative estimate of drug-likeness (QED) is 0.826. The minimum absolute atomic E-state index is 0.0871. The SMILES string of the molecule is O=C(Nc1ncc2c(n1)CCCCC2)N1CCN(C2CCOC2)CC1. The molecule has 1 aromatic heterocycles. The largest absolute Gasteiger partial charge is 0.380 e. The standard InChI is InChI=1S/C18H27N5O2/c24-18(23-9-7-22(8-10-23)15-6-11-25-13-15)21-17-19-12-14-4-2-1-3-5-16(14)20-17/h12,15H,1-11,13H2,(H,19,20,21,24). The highest BCUT2D eigenvalue weighted by Crippen LogP contribution is 2.19. The highest BCUT2D eigenvalue weighted by molar-refractivity contribution is 5.87. The summed E-state index contributed by atoms with van der Waals surface area (Å²) < 4.78 is 5.47. The van der Waals surface area contributed by atoms with Crippen molar-refractivity contribution in [3.05, 3.63) is 17.5 Å². The summed E-state index contributed by atoms with van der Waals surface area (Å²) in [6, 6.07) is 0.439. The first-order valence-corrected chi connectivity index (χ1v) is 9.52. The van der Waals surface area contributed by atoms with Crippen molar-refractivity contribution in [2.45, 2.75) is 44.6 Å². The van der Waals surface area contributed by atoms with Gasteiger partial charge in [0, 0.05) is 50.7 Å². The Kier molecular flexibility index (Phi) is 5.12. The molecule has 3 aliphatic rings. The van der Waals surface area contributed by atoms with Crippen molar-refractivity contribution in [1.29, 1.82) is 0 Å². The molecule has 1 aromatic rings. The zero-order chi connectivity index (χ0) is 17.1. The molecule has 0 saturated carbocycles. The van der Waals surface area contributed by atoms with Gasteiger partial charge in [0.05, 0.1) is 6.61 Å². The molecule has 2 aliphatic heterocycles. The average Bonchev–Trinajstić information content (AvgIpc) is 3.08. The molecule has 136 valence electrons. The predicted octanol–water partition coefficient (Wildman–Crippen LogP) is 1.68. The number of anilines is 1. The van der Waals surface area contributed by atoms with Gasteiger partial charge in [-0.15, -0.1) is 0 Å². The highest BCUT2D eigenvalue weighted by atomic mass is 16.5. The zero-order valence-electron chi connectivity index (χ0n) is 14.7. The number of hydrogen-bond acceptors (Lipinski definition) is 5. The molecule has 0 aromatic carbocycles. The molecule has 2 fully saturated rings. The molecular formula is C18H27N5O2. The zero-order valence-corrected chi connectivity index (χ0v) is 14.7. The molecule has 0 bridgehead atoms. The van der Waals surface area contributed by atoms with E-state index in [1.807, 2.05) is 11.1 Å². The maximum atomic E-state index is 12.5. The summed E-state index contributed by atoms with van der Waals surface area (Å²) in [5, 5.41) is 2.89. The van der Waals surface area contributed by atoms with E-state index in [0.29, 0.717) is 12.0 Å². The van der Waals surface area contributed by atoms with Crippen LogP contribution in [0.4, 0.5) is 10.7 Å². The van der Waals surface area contributed by atoms with Crippen LogP contribution in [-0.4, -0.2) is 71.2 Å². The van der Waals surface area contributed by atoms with E-state index in [1.165, 1.54) is 24.8 Å². The maximum Gasteiger partial charge on any atom is 0.324 e. The lowest BCUT2D eigenvalue weighted by molar-refractivity contribution is 0.0987. The number of carbonyl (C=O) groups is 1. The van der Waals surface area contributed by atoms with E-state index in [-0.39, 0.29) is 6.03 Å². The number of nitrogens with zero attached hydrogens (tertiary/aromatic N) is 4. The second-order valence-electron chi connectivity index (χ2n) is 7.20. The Hall–Kier alpha value is -1.73. The molecule has 2 amide bonds. The fourth-order valence-electron chi connectivity index (χ4n) is 3.99. The monoisotopic (exact) mass is 345 g/mol. The van der Waals surface area contributed by atoms with E-state index in [2.05, 4.69) is 20.2 Å². The molecule has 7 heteroatoms. The van der Waals surface area contributed by atoms with Crippen LogP contribution < -0.4 is 5.32 Å². The summed E-state index contributed by atoms with van der Waals surface area (Å²) in [6.07, 6.45) is 8.66.